The normalized spacial score (nSPS) is 18.1. The number of azo groups is 1. The van der Waals surface area contributed by atoms with Crippen LogP contribution in [0.3, 0.4) is 0 Å². The van der Waals surface area contributed by atoms with Crippen LogP contribution >= 0.6 is 0 Å². The summed E-state index contributed by atoms with van der Waals surface area (Å²) in [5, 5.41) is 27.3. The maximum atomic E-state index is 11.2. The van der Waals surface area contributed by atoms with E-state index in [0.717, 1.165) is 18.5 Å². The molecule has 1 unspecified atom stereocenters. The molecule has 128 valence electrons. The largest absolute Gasteiger partial charge is 0.480 e. The van der Waals surface area contributed by atoms with E-state index in [1.807, 2.05) is 30.3 Å². The first kappa shape index (κ1) is 16.8. The quantitative estimate of drug-likeness (QED) is 0.775. The van der Waals surface area contributed by atoms with Crippen molar-refractivity contribution in [2.24, 2.45) is 20.6 Å². The average Bonchev–Trinajstić information content (AvgIpc) is 2.66. The van der Waals surface area contributed by atoms with Crippen molar-refractivity contribution in [2.45, 2.75) is 25.3 Å². The van der Waals surface area contributed by atoms with Crippen LogP contribution in [0, 0.1) is 0 Å². The number of carbonyl (C=O) groups is 1. The molecule has 0 amide bonds. The Kier molecular flexibility index (Phi) is 5.46. The Labute approximate surface area is 145 Å². The number of aliphatic carboxylic acids is 1. The molecular weight excluding hydrogens is 318 g/mol. The molecule has 3 rings (SSSR count). The zero-order valence-electron chi connectivity index (χ0n) is 13.7. The highest BCUT2D eigenvalue weighted by atomic mass is 16.4. The fraction of sp³-hybridized carbons (Fsp3) is 0.278. The average molecular weight is 337 g/mol. The predicted molar refractivity (Wildman–Crippen MR) is 93.6 cm³/mol. The van der Waals surface area contributed by atoms with Gasteiger partial charge in [-0.1, -0.05) is 23.4 Å². The van der Waals surface area contributed by atoms with Gasteiger partial charge in [0.2, 0.25) is 0 Å². The Hall–Kier alpha value is -3.09. The van der Waals surface area contributed by atoms with Crippen LogP contribution in [0.5, 0.6) is 0 Å². The fourth-order valence-electron chi connectivity index (χ4n) is 2.58. The Morgan fingerprint density at radius 2 is 1.48 bits per heavy atom. The van der Waals surface area contributed by atoms with E-state index in [-0.39, 0.29) is 0 Å². The standard InChI is InChI=1S/C18H19N5O2/c24-18(25)17-8-4-5-13-23(17)22-21-16-11-9-15(10-12-16)20-19-14-6-2-1-3-7-14/h1-3,6-7,9-12,17H,4-5,8,13H2,(H,24,25). The molecule has 1 aliphatic rings. The van der Waals surface area contributed by atoms with E-state index >= 15 is 0 Å². The van der Waals surface area contributed by atoms with Crippen molar-refractivity contribution < 1.29 is 9.90 Å². The van der Waals surface area contributed by atoms with Crippen molar-refractivity contribution in [1.29, 1.82) is 0 Å². The molecular formula is C18H19N5O2. The van der Waals surface area contributed by atoms with Crippen molar-refractivity contribution in [3.05, 3.63) is 54.6 Å². The Balaban J connectivity index is 1.64. The van der Waals surface area contributed by atoms with Crippen LogP contribution in [0.15, 0.2) is 75.2 Å². The molecule has 0 saturated carbocycles. The maximum absolute atomic E-state index is 11.2. The number of carboxylic acid groups (broad SMARTS) is 1. The minimum atomic E-state index is -0.852. The van der Waals surface area contributed by atoms with Crippen molar-refractivity contribution in [3.8, 4) is 0 Å². The lowest BCUT2D eigenvalue weighted by molar-refractivity contribution is -0.144. The first-order valence-corrected chi connectivity index (χ1v) is 8.20. The van der Waals surface area contributed by atoms with Crippen LogP contribution in [0.4, 0.5) is 17.1 Å². The number of piperidine rings is 1. The Morgan fingerprint density at radius 1 is 0.880 bits per heavy atom. The second kappa shape index (κ2) is 8.14. The highest BCUT2D eigenvalue weighted by Gasteiger charge is 2.27. The summed E-state index contributed by atoms with van der Waals surface area (Å²) in [5.41, 5.74) is 2.15. The first-order valence-electron chi connectivity index (χ1n) is 8.20. The molecule has 1 heterocycles. The molecule has 1 atom stereocenters. The van der Waals surface area contributed by atoms with Gasteiger partial charge in [0.05, 0.1) is 17.1 Å². The van der Waals surface area contributed by atoms with Gasteiger partial charge in [0.15, 0.2) is 0 Å². The number of hydrogen-bond donors (Lipinski definition) is 1. The number of hydrogen-bond acceptors (Lipinski definition) is 5. The molecule has 7 heteroatoms. The van der Waals surface area contributed by atoms with Gasteiger partial charge in [-0.25, -0.2) is 4.79 Å². The summed E-state index contributed by atoms with van der Waals surface area (Å²) >= 11 is 0. The Morgan fingerprint density at radius 3 is 2.12 bits per heavy atom. The smallest absolute Gasteiger partial charge is 0.328 e. The number of carboxylic acids is 1. The summed E-state index contributed by atoms with van der Waals surface area (Å²) in [4.78, 5) is 11.2. The van der Waals surface area contributed by atoms with Crippen LogP contribution in [0.1, 0.15) is 19.3 Å². The molecule has 1 saturated heterocycles. The van der Waals surface area contributed by atoms with Crippen molar-refractivity contribution >= 4 is 23.0 Å². The second-order valence-corrected chi connectivity index (χ2v) is 5.75. The van der Waals surface area contributed by atoms with Crippen LogP contribution in [0.2, 0.25) is 0 Å². The predicted octanol–water partition coefficient (Wildman–Crippen LogP) is 5.04. The van der Waals surface area contributed by atoms with E-state index in [0.29, 0.717) is 24.3 Å². The van der Waals surface area contributed by atoms with Gasteiger partial charge in [-0.15, -0.1) is 5.11 Å². The summed E-state index contributed by atoms with van der Waals surface area (Å²) < 4.78 is 0. The SMILES string of the molecule is O=C(O)C1CCCCN1N=Nc1ccc(N=Nc2ccccc2)cc1. The molecule has 25 heavy (non-hydrogen) atoms. The first-order chi connectivity index (χ1) is 12.2. The van der Waals surface area contributed by atoms with Crippen LogP contribution in [0.25, 0.3) is 0 Å². The molecule has 0 aliphatic carbocycles. The summed E-state index contributed by atoms with van der Waals surface area (Å²) in [6.45, 7) is 0.615. The van der Waals surface area contributed by atoms with Gasteiger partial charge in [0.25, 0.3) is 0 Å². The third kappa shape index (κ3) is 4.69. The molecule has 2 aromatic carbocycles. The van der Waals surface area contributed by atoms with Crippen molar-refractivity contribution in [2.75, 3.05) is 6.54 Å². The third-order valence-corrected chi connectivity index (χ3v) is 3.92. The highest BCUT2D eigenvalue weighted by Crippen LogP contribution is 2.23. The summed E-state index contributed by atoms with van der Waals surface area (Å²) in [5.74, 6) is -0.852. The van der Waals surface area contributed by atoms with E-state index in [1.54, 1.807) is 29.3 Å². The van der Waals surface area contributed by atoms with Gasteiger partial charge in [-0.2, -0.15) is 10.2 Å². The van der Waals surface area contributed by atoms with Gasteiger partial charge in [0, 0.05) is 6.54 Å². The minimum absolute atomic E-state index is 0.587. The molecule has 1 N–H and O–H groups in total. The van der Waals surface area contributed by atoms with E-state index in [4.69, 9.17) is 0 Å². The zero-order chi connectivity index (χ0) is 17.5. The third-order valence-electron chi connectivity index (χ3n) is 3.92. The lowest BCUT2D eigenvalue weighted by Gasteiger charge is -2.28. The molecule has 1 fully saturated rings. The number of nitrogens with zero attached hydrogens (tertiary/aromatic N) is 5. The van der Waals surface area contributed by atoms with E-state index < -0.39 is 12.0 Å². The molecule has 2 aromatic rings. The molecule has 0 aromatic heterocycles. The summed E-state index contributed by atoms with van der Waals surface area (Å²) in [6, 6.07) is 16.1. The topological polar surface area (TPSA) is 90.0 Å². The fourth-order valence-corrected chi connectivity index (χ4v) is 2.58. The van der Waals surface area contributed by atoms with Gasteiger partial charge in [0.1, 0.15) is 6.04 Å². The van der Waals surface area contributed by atoms with Gasteiger partial charge < -0.3 is 5.11 Å². The van der Waals surface area contributed by atoms with Crippen LogP contribution in [-0.2, 0) is 4.79 Å². The lowest BCUT2D eigenvalue weighted by atomic mass is 10.0. The van der Waals surface area contributed by atoms with Crippen LogP contribution < -0.4 is 0 Å². The lowest BCUT2D eigenvalue weighted by Crippen LogP contribution is -2.40. The molecule has 1 aliphatic heterocycles. The second-order valence-electron chi connectivity index (χ2n) is 5.75. The Bertz CT molecular complexity index is 759. The monoisotopic (exact) mass is 337 g/mol. The minimum Gasteiger partial charge on any atom is -0.480 e. The van der Waals surface area contributed by atoms with Gasteiger partial charge in [-0.05, 0) is 55.7 Å². The molecule has 0 bridgehead atoms. The summed E-state index contributed by atoms with van der Waals surface area (Å²) in [6.07, 6.45) is 2.44. The van der Waals surface area contributed by atoms with Crippen molar-refractivity contribution in [3.63, 3.8) is 0 Å². The highest BCUT2D eigenvalue weighted by molar-refractivity contribution is 5.73. The van der Waals surface area contributed by atoms with E-state index in [2.05, 4.69) is 20.6 Å². The van der Waals surface area contributed by atoms with Crippen molar-refractivity contribution in [1.82, 2.24) is 5.01 Å². The molecule has 7 nitrogen and oxygen atoms in total. The van der Waals surface area contributed by atoms with E-state index in [1.165, 1.54) is 0 Å². The maximum Gasteiger partial charge on any atom is 0.328 e. The van der Waals surface area contributed by atoms with E-state index in [9.17, 15) is 9.90 Å². The number of rotatable bonds is 5. The molecule has 0 spiro atoms. The van der Waals surface area contributed by atoms with Crippen LogP contribution in [-0.4, -0.2) is 28.7 Å². The zero-order valence-corrected chi connectivity index (χ0v) is 13.7. The summed E-state index contributed by atoms with van der Waals surface area (Å²) in [7, 11) is 0. The number of benzene rings is 2. The van der Waals surface area contributed by atoms with Gasteiger partial charge in [-0.3, -0.25) is 5.01 Å². The van der Waals surface area contributed by atoms with Gasteiger partial charge >= 0.3 is 5.97 Å². The molecule has 0 radical (unpaired) electrons.